The van der Waals surface area contributed by atoms with Gasteiger partial charge in [0.15, 0.2) is 6.10 Å². The summed E-state index contributed by atoms with van der Waals surface area (Å²) in [5, 5.41) is 11.4. The number of anilines is 1. The number of hydrogen-bond acceptors (Lipinski definition) is 5. The van der Waals surface area contributed by atoms with Gasteiger partial charge in [0, 0.05) is 5.69 Å². The van der Waals surface area contributed by atoms with Gasteiger partial charge in [-0.15, -0.1) is 0 Å². The van der Waals surface area contributed by atoms with Crippen LogP contribution in [0.25, 0.3) is 0 Å². The number of carbonyl (C=O) groups excluding carboxylic acids is 2. The predicted octanol–water partition coefficient (Wildman–Crippen LogP) is -0.328. The Hall–Kier alpha value is -2.15. The molecule has 0 aromatic heterocycles. The summed E-state index contributed by atoms with van der Waals surface area (Å²) in [6.07, 6.45) is -1.49. The van der Waals surface area contributed by atoms with Gasteiger partial charge in [0.05, 0.1) is 19.2 Å². The van der Waals surface area contributed by atoms with E-state index in [2.05, 4.69) is 10.1 Å². The highest BCUT2D eigenvalue weighted by Crippen LogP contribution is 2.11. The van der Waals surface area contributed by atoms with Crippen molar-refractivity contribution in [2.75, 3.05) is 19.4 Å². The molecule has 4 N–H and O–H groups in total. The molecule has 7 heteroatoms. The van der Waals surface area contributed by atoms with Crippen LogP contribution in [0.4, 0.5) is 10.1 Å². The molecule has 1 aromatic rings. The Balaban J connectivity index is 2.63. The minimum atomic E-state index is -1.49. The lowest BCUT2D eigenvalue weighted by Gasteiger charge is -2.10. The van der Waals surface area contributed by atoms with E-state index in [4.69, 9.17) is 5.73 Å². The smallest absolute Gasteiger partial charge is 0.336 e. The number of esters is 1. The highest BCUT2D eigenvalue weighted by atomic mass is 19.1. The van der Waals surface area contributed by atoms with Crippen LogP contribution in [-0.4, -0.2) is 36.7 Å². The first-order valence-corrected chi connectivity index (χ1v) is 5.04. The molecule has 0 bridgehead atoms. The van der Waals surface area contributed by atoms with Crippen molar-refractivity contribution in [1.29, 1.82) is 0 Å². The number of nitrogens with two attached hydrogens (primary N) is 1. The fraction of sp³-hybridized carbons (Fsp3) is 0.273. The molecule has 0 aliphatic rings. The van der Waals surface area contributed by atoms with E-state index < -0.39 is 23.8 Å². The van der Waals surface area contributed by atoms with E-state index in [1.54, 1.807) is 0 Å². The standard InChI is InChI=1S/C11H13FN2O4/c1-18-11(17)9(15)5-14-10(16)7-3-2-6(13)4-8(7)12/h2-4,9,15H,5,13H2,1H3,(H,14,16). The summed E-state index contributed by atoms with van der Waals surface area (Å²) in [5.41, 5.74) is 5.31. The van der Waals surface area contributed by atoms with Gasteiger partial charge in [-0.25, -0.2) is 9.18 Å². The van der Waals surface area contributed by atoms with Gasteiger partial charge < -0.3 is 20.9 Å². The van der Waals surface area contributed by atoms with E-state index in [0.29, 0.717) is 0 Å². The molecule has 98 valence electrons. The maximum atomic E-state index is 13.4. The van der Waals surface area contributed by atoms with Gasteiger partial charge in [0.1, 0.15) is 5.82 Å². The molecule has 1 atom stereocenters. The normalized spacial score (nSPS) is 11.7. The quantitative estimate of drug-likeness (QED) is 0.506. The second kappa shape index (κ2) is 5.97. The van der Waals surface area contributed by atoms with Crippen molar-refractivity contribution in [3.05, 3.63) is 29.6 Å². The molecule has 0 saturated heterocycles. The number of carbonyl (C=O) groups is 2. The molecular weight excluding hydrogens is 243 g/mol. The fourth-order valence-electron chi connectivity index (χ4n) is 1.22. The number of ether oxygens (including phenoxy) is 1. The van der Waals surface area contributed by atoms with Gasteiger partial charge in [-0.05, 0) is 18.2 Å². The number of nitrogen functional groups attached to an aromatic ring is 1. The van der Waals surface area contributed by atoms with Gasteiger partial charge in [0.25, 0.3) is 5.91 Å². The lowest BCUT2D eigenvalue weighted by Crippen LogP contribution is -2.37. The summed E-state index contributed by atoms with van der Waals surface area (Å²) in [5.74, 6) is -2.41. The number of nitrogens with one attached hydrogen (secondary N) is 1. The molecule has 0 saturated carbocycles. The van der Waals surface area contributed by atoms with Crippen LogP contribution >= 0.6 is 0 Å². The summed E-state index contributed by atoms with van der Waals surface area (Å²) in [4.78, 5) is 22.4. The number of hydrogen-bond donors (Lipinski definition) is 3. The van der Waals surface area contributed by atoms with Gasteiger partial charge in [-0.1, -0.05) is 0 Å². The van der Waals surface area contributed by atoms with Gasteiger partial charge in [0.2, 0.25) is 0 Å². The van der Waals surface area contributed by atoms with Crippen molar-refractivity contribution in [3.8, 4) is 0 Å². The van der Waals surface area contributed by atoms with Crippen molar-refractivity contribution in [2.45, 2.75) is 6.10 Å². The minimum Gasteiger partial charge on any atom is -0.467 e. The highest BCUT2D eigenvalue weighted by Gasteiger charge is 2.18. The van der Waals surface area contributed by atoms with Crippen LogP contribution in [-0.2, 0) is 9.53 Å². The molecular formula is C11H13FN2O4. The summed E-state index contributed by atoms with van der Waals surface area (Å²) >= 11 is 0. The molecule has 18 heavy (non-hydrogen) atoms. The molecule has 1 rings (SSSR count). The van der Waals surface area contributed by atoms with Crippen molar-refractivity contribution in [2.24, 2.45) is 0 Å². The third-order valence-corrected chi connectivity index (χ3v) is 2.17. The van der Waals surface area contributed by atoms with Crippen LogP contribution in [0.5, 0.6) is 0 Å². The van der Waals surface area contributed by atoms with Crippen LogP contribution in [0.3, 0.4) is 0 Å². The topological polar surface area (TPSA) is 102 Å². The van der Waals surface area contributed by atoms with E-state index in [1.807, 2.05) is 0 Å². The zero-order valence-electron chi connectivity index (χ0n) is 9.64. The third kappa shape index (κ3) is 3.42. The maximum Gasteiger partial charge on any atom is 0.336 e. The van der Waals surface area contributed by atoms with Crippen LogP contribution in [0.15, 0.2) is 18.2 Å². The summed E-state index contributed by atoms with van der Waals surface area (Å²) in [7, 11) is 1.10. The number of amides is 1. The number of rotatable bonds is 4. The maximum absolute atomic E-state index is 13.4. The number of benzene rings is 1. The van der Waals surface area contributed by atoms with E-state index in [1.165, 1.54) is 12.1 Å². The Morgan fingerprint density at radius 2 is 2.22 bits per heavy atom. The molecule has 6 nitrogen and oxygen atoms in total. The zero-order valence-corrected chi connectivity index (χ0v) is 9.64. The SMILES string of the molecule is COC(=O)C(O)CNC(=O)c1ccc(N)cc1F. The molecule has 0 radical (unpaired) electrons. The average Bonchev–Trinajstić information content (AvgIpc) is 2.34. The Morgan fingerprint density at radius 3 is 2.78 bits per heavy atom. The number of methoxy groups -OCH3 is 1. The van der Waals surface area contributed by atoms with E-state index in [9.17, 15) is 19.1 Å². The lowest BCUT2D eigenvalue weighted by molar-refractivity contribution is -0.149. The highest BCUT2D eigenvalue weighted by molar-refractivity contribution is 5.95. The van der Waals surface area contributed by atoms with Crippen LogP contribution in [0.1, 0.15) is 10.4 Å². The first-order chi connectivity index (χ1) is 8.45. The summed E-state index contributed by atoms with van der Waals surface area (Å²) < 4.78 is 17.6. The molecule has 1 aromatic carbocycles. The van der Waals surface area contributed by atoms with E-state index in [-0.39, 0.29) is 17.8 Å². The number of halogens is 1. The van der Waals surface area contributed by atoms with E-state index in [0.717, 1.165) is 13.2 Å². The Kier molecular flexibility index (Phi) is 4.61. The van der Waals surface area contributed by atoms with Crippen LogP contribution in [0, 0.1) is 5.82 Å². The molecule has 0 fully saturated rings. The first-order valence-electron chi connectivity index (χ1n) is 5.04. The predicted molar refractivity (Wildman–Crippen MR) is 61.2 cm³/mol. The van der Waals surface area contributed by atoms with Crippen molar-refractivity contribution < 1.29 is 23.8 Å². The molecule has 0 aliphatic heterocycles. The molecule has 0 aliphatic carbocycles. The van der Waals surface area contributed by atoms with Crippen molar-refractivity contribution in [3.63, 3.8) is 0 Å². The second-order valence-electron chi connectivity index (χ2n) is 3.49. The molecule has 1 amide bonds. The Bertz CT molecular complexity index is 464. The van der Waals surface area contributed by atoms with E-state index >= 15 is 0 Å². The molecule has 1 unspecified atom stereocenters. The van der Waals surface area contributed by atoms with Gasteiger partial charge in [-0.3, -0.25) is 4.79 Å². The fourth-order valence-corrected chi connectivity index (χ4v) is 1.22. The van der Waals surface area contributed by atoms with Crippen LogP contribution in [0.2, 0.25) is 0 Å². The summed E-state index contributed by atoms with van der Waals surface area (Å²) in [6.45, 7) is -0.366. The zero-order chi connectivity index (χ0) is 13.7. The second-order valence-corrected chi connectivity index (χ2v) is 3.49. The Morgan fingerprint density at radius 1 is 1.56 bits per heavy atom. The third-order valence-electron chi connectivity index (χ3n) is 2.17. The molecule has 0 spiro atoms. The van der Waals surface area contributed by atoms with Gasteiger partial charge in [-0.2, -0.15) is 0 Å². The minimum absolute atomic E-state index is 0.193. The van der Waals surface area contributed by atoms with Crippen molar-refractivity contribution >= 4 is 17.6 Å². The van der Waals surface area contributed by atoms with Crippen molar-refractivity contribution in [1.82, 2.24) is 5.32 Å². The number of aliphatic hydroxyl groups excluding tert-OH is 1. The number of aliphatic hydroxyl groups is 1. The average molecular weight is 256 g/mol. The first kappa shape index (κ1) is 13.9. The summed E-state index contributed by atoms with van der Waals surface area (Å²) in [6, 6.07) is 3.59. The lowest BCUT2D eigenvalue weighted by atomic mass is 10.2. The Labute approximate surface area is 103 Å². The molecule has 0 heterocycles. The van der Waals surface area contributed by atoms with Gasteiger partial charge >= 0.3 is 5.97 Å². The van der Waals surface area contributed by atoms with Crippen LogP contribution < -0.4 is 11.1 Å². The monoisotopic (exact) mass is 256 g/mol. The largest absolute Gasteiger partial charge is 0.467 e.